The van der Waals surface area contributed by atoms with Crippen LogP contribution in [0.4, 0.5) is 5.69 Å². The summed E-state index contributed by atoms with van der Waals surface area (Å²) in [4.78, 5) is 13.1. The normalized spacial score (nSPS) is 11.7. The number of methoxy groups -OCH3 is 1. The van der Waals surface area contributed by atoms with Crippen LogP contribution in [-0.2, 0) is 4.79 Å². The first-order valence-corrected chi connectivity index (χ1v) is 6.88. The Morgan fingerprint density at radius 2 is 2.15 bits per heavy atom. The van der Waals surface area contributed by atoms with Gasteiger partial charge in [-0.2, -0.15) is 0 Å². The van der Waals surface area contributed by atoms with Gasteiger partial charge in [-0.3, -0.25) is 4.79 Å². The Hall–Kier alpha value is -1.52. The molecule has 0 aliphatic rings. The summed E-state index contributed by atoms with van der Waals surface area (Å²) in [5.41, 5.74) is 1.85. The molecule has 0 spiro atoms. The van der Waals surface area contributed by atoms with Crippen molar-refractivity contribution in [1.82, 2.24) is 0 Å². The van der Waals surface area contributed by atoms with Crippen molar-refractivity contribution in [3.63, 3.8) is 0 Å². The average Bonchev–Trinajstić information content (AvgIpc) is 2.36. The zero-order chi connectivity index (χ0) is 15.1. The highest BCUT2D eigenvalue weighted by molar-refractivity contribution is 6.31. The smallest absolute Gasteiger partial charge is 0.279 e. The van der Waals surface area contributed by atoms with Crippen LogP contribution in [0.2, 0.25) is 5.02 Å². The molecule has 1 aromatic carbocycles. The molecule has 0 bridgehead atoms. The Kier molecular flexibility index (Phi) is 6.55. The maximum Gasteiger partial charge on any atom is 0.279 e. The number of benzene rings is 1. The van der Waals surface area contributed by atoms with Crippen molar-refractivity contribution in [3.05, 3.63) is 34.9 Å². The van der Waals surface area contributed by atoms with Crippen molar-refractivity contribution in [1.29, 1.82) is 0 Å². The van der Waals surface area contributed by atoms with Crippen molar-refractivity contribution in [2.45, 2.75) is 13.8 Å². The van der Waals surface area contributed by atoms with E-state index in [2.05, 4.69) is 11.4 Å². The van der Waals surface area contributed by atoms with Gasteiger partial charge in [-0.05, 0) is 38.1 Å². The number of amides is 1. The molecule has 0 heterocycles. The lowest BCUT2D eigenvalue weighted by atomic mass is 10.3. The number of nitrogens with one attached hydrogen (secondary N) is 2. The molecule has 1 unspecified atom stereocenters. The average molecular weight is 298 g/mol. The highest BCUT2D eigenvalue weighted by Crippen LogP contribution is 2.27. The number of allylic oxidation sites excluding steroid dienone is 1. The Labute approximate surface area is 125 Å². The van der Waals surface area contributed by atoms with Crippen molar-refractivity contribution in [3.8, 4) is 5.75 Å². The molecule has 2 N–H and O–H groups in total. The third kappa shape index (κ3) is 5.63. The van der Waals surface area contributed by atoms with Gasteiger partial charge in [0, 0.05) is 5.02 Å². The predicted molar refractivity (Wildman–Crippen MR) is 82.7 cm³/mol. The second kappa shape index (κ2) is 7.92. The number of quaternary nitrogens is 1. The van der Waals surface area contributed by atoms with Crippen LogP contribution in [0.5, 0.6) is 5.75 Å². The summed E-state index contributed by atoms with van der Waals surface area (Å²) in [5, 5.41) is 3.39. The van der Waals surface area contributed by atoms with Crippen molar-refractivity contribution >= 4 is 23.2 Å². The minimum Gasteiger partial charge on any atom is -0.495 e. The molecule has 110 valence electrons. The number of ether oxygens (including phenoxy) is 1. The molecule has 0 saturated carbocycles. The number of hydrogen-bond acceptors (Lipinski definition) is 2. The molecule has 5 heteroatoms. The number of carbonyl (C=O) groups is 1. The SMILES string of the molecule is COc1ccc(Cl)cc1NC(=O)C[NH+](C)CC=C(C)C. The number of rotatable bonds is 6. The molecule has 4 nitrogen and oxygen atoms in total. The highest BCUT2D eigenvalue weighted by atomic mass is 35.5. The lowest BCUT2D eigenvalue weighted by Crippen LogP contribution is -3.09. The van der Waals surface area contributed by atoms with Gasteiger partial charge in [-0.25, -0.2) is 0 Å². The van der Waals surface area contributed by atoms with E-state index in [1.54, 1.807) is 25.3 Å². The minimum atomic E-state index is -0.0646. The van der Waals surface area contributed by atoms with E-state index < -0.39 is 0 Å². The maximum atomic E-state index is 12.0. The molecule has 0 aliphatic carbocycles. The fraction of sp³-hybridized carbons (Fsp3) is 0.400. The third-order valence-corrected chi connectivity index (χ3v) is 2.99. The van der Waals surface area contributed by atoms with Crippen molar-refractivity contribution in [2.24, 2.45) is 0 Å². The van der Waals surface area contributed by atoms with E-state index in [0.29, 0.717) is 23.0 Å². The van der Waals surface area contributed by atoms with Crippen molar-refractivity contribution in [2.75, 3.05) is 32.6 Å². The Balaban J connectivity index is 2.62. The first kappa shape index (κ1) is 16.5. The number of likely N-dealkylation sites (N-methyl/N-ethyl adjacent to an activating group) is 1. The Morgan fingerprint density at radius 3 is 2.75 bits per heavy atom. The summed E-state index contributed by atoms with van der Waals surface area (Å²) in [5.74, 6) is 0.537. The first-order chi connectivity index (χ1) is 9.42. The van der Waals surface area contributed by atoms with Gasteiger partial charge in [-0.15, -0.1) is 0 Å². The van der Waals surface area contributed by atoms with Gasteiger partial charge >= 0.3 is 0 Å². The minimum absolute atomic E-state index is 0.0646. The topological polar surface area (TPSA) is 42.8 Å². The number of anilines is 1. The quantitative estimate of drug-likeness (QED) is 0.786. The van der Waals surface area contributed by atoms with Crippen molar-refractivity contribution < 1.29 is 14.4 Å². The second-order valence-corrected chi connectivity index (χ2v) is 5.45. The van der Waals surface area contributed by atoms with E-state index in [4.69, 9.17) is 16.3 Å². The molecule has 0 aliphatic heterocycles. The molecule has 1 aromatic rings. The summed E-state index contributed by atoms with van der Waals surface area (Å²) in [6.07, 6.45) is 2.11. The standard InChI is InChI=1S/C15H21ClN2O2/c1-11(2)7-8-18(3)10-15(19)17-13-9-12(16)5-6-14(13)20-4/h5-7,9H,8,10H2,1-4H3,(H,17,19)/p+1. The monoisotopic (exact) mass is 297 g/mol. The molecule has 20 heavy (non-hydrogen) atoms. The number of halogens is 1. The summed E-state index contributed by atoms with van der Waals surface area (Å²) in [7, 11) is 3.54. The zero-order valence-corrected chi connectivity index (χ0v) is 13.2. The van der Waals surface area contributed by atoms with Crippen LogP contribution in [0.25, 0.3) is 0 Å². The molecular formula is C15H22ClN2O2+. The van der Waals surface area contributed by atoms with E-state index >= 15 is 0 Å². The molecule has 0 aromatic heterocycles. The van der Waals surface area contributed by atoms with Crippen LogP contribution in [0.15, 0.2) is 29.8 Å². The van der Waals surface area contributed by atoms with Crippen LogP contribution in [-0.4, -0.2) is 33.2 Å². The van der Waals surface area contributed by atoms with Gasteiger partial charge in [-0.1, -0.05) is 17.2 Å². The van der Waals surface area contributed by atoms with Gasteiger partial charge in [0.25, 0.3) is 5.91 Å². The van der Waals surface area contributed by atoms with Crippen LogP contribution < -0.4 is 15.0 Å². The van der Waals surface area contributed by atoms with Crippen LogP contribution in [0.1, 0.15) is 13.8 Å². The van der Waals surface area contributed by atoms with Gasteiger partial charge in [0.05, 0.1) is 26.4 Å². The van der Waals surface area contributed by atoms with Gasteiger partial charge in [0.1, 0.15) is 5.75 Å². The second-order valence-electron chi connectivity index (χ2n) is 5.01. The van der Waals surface area contributed by atoms with E-state index in [9.17, 15) is 4.79 Å². The fourth-order valence-electron chi connectivity index (χ4n) is 1.70. The zero-order valence-electron chi connectivity index (χ0n) is 12.4. The van der Waals surface area contributed by atoms with Crippen LogP contribution in [0.3, 0.4) is 0 Å². The van der Waals surface area contributed by atoms with Gasteiger partial charge < -0.3 is 15.0 Å². The largest absolute Gasteiger partial charge is 0.495 e. The Bertz CT molecular complexity index is 497. The lowest BCUT2D eigenvalue weighted by Gasteiger charge is -2.14. The number of hydrogen-bond donors (Lipinski definition) is 2. The molecule has 1 rings (SSSR count). The summed E-state index contributed by atoms with van der Waals surface area (Å²) >= 11 is 5.93. The molecule has 1 atom stereocenters. The highest BCUT2D eigenvalue weighted by Gasteiger charge is 2.12. The first-order valence-electron chi connectivity index (χ1n) is 6.50. The summed E-state index contributed by atoms with van der Waals surface area (Å²) in [6.45, 7) is 5.30. The summed E-state index contributed by atoms with van der Waals surface area (Å²) < 4.78 is 5.20. The summed E-state index contributed by atoms with van der Waals surface area (Å²) in [6, 6.07) is 5.14. The molecule has 1 amide bonds. The van der Waals surface area contributed by atoms with E-state index in [1.807, 2.05) is 20.9 Å². The van der Waals surface area contributed by atoms with Gasteiger partial charge in [0.15, 0.2) is 6.54 Å². The molecule has 0 radical (unpaired) electrons. The lowest BCUT2D eigenvalue weighted by molar-refractivity contribution is -0.864. The molecule has 0 saturated heterocycles. The fourth-order valence-corrected chi connectivity index (χ4v) is 1.87. The predicted octanol–water partition coefficient (Wildman–Crippen LogP) is 1.77. The van der Waals surface area contributed by atoms with E-state index in [-0.39, 0.29) is 5.91 Å². The maximum absolute atomic E-state index is 12.0. The molecule has 0 fully saturated rings. The number of carbonyl (C=O) groups excluding carboxylic acids is 1. The molecular weight excluding hydrogens is 276 g/mol. The van der Waals surface area contributed by atoms with Crippen LogP contribution >= 0.6 is 11.6 Å². The van der Waals surface area contributed by atoms with Gasteiger partial charge in [0.2, 0.25) is 0 Å². The van der Waals surface area contributed by atoms with Crippen LogP contribution in [0, 0.1) is 0 Å². The third-order valence-electron chi connectivity index (χ3n) is 2.76. The van der Waals surface area contributed by atoms with E-state index in [1.165, 1.54) is 5.57 Å². The van der Waals surface area contributed by atoms with E-state index in [0.717, 1.165) is 11.4 Å². The Morgan fingerprint density at radius 1 is 1.45 bits per heavy atom.